The fourth-order valence-electron chi connectivity index (χ4n) is 1.60. The summed E-state index contributed by atoms with van der Waals surface area (Å²) in [5.41, 5.74) is -0.697. The Kier molecular flexibility index (Phi) is 2.97. The minimum atomic E-state index is -1.29. The summed E-state index contributed by atoms with van der Waals surface area (Å²) < 4.78 is 6.16. The molecule has 0 aliphatic carbocycles. The highest BCUT2D eigenvalue weighted by Crippen LogP contribution is 2.27. The number of ether oxygens (including phenoxy) is 1. The lowest BCUT2D eigenvalue weighted by atomic mass is 10.1. The molecule has 0 saturated carbocycles. The van der Waals surface area contributed by atoms with Crippen molar-refractivity contribution in [2.24, 2.45) is 0 Å². The van der Waals surface area contributed by atoms with Gasteiger partial charge in [-0.3, -0.25) is 4.57 Å². The van der Waals surface area contributed by atoms with E-state index in [1.54, 1.807) is 0 Å². The normalized spacial score (nSPS) is 34.2. The Morgan fingerprint density at radius 3 is 2.75 bits per heavy atom. The van der Waals surface area contributed by atoms with Crippen molar-refractivity contribution in [1.82, 2.24) is 14.8 Å². The van der Waals surface area contributed by atoms with Crippen molar-refractivity contribution in [3.05, 3.63) is 22.9 Å². The highest BCUT2D eigenvalue weighted by molar-refractivity contribution is 4.90. The molecule has 1 aromatic heterocycles. The predicted molar refractivity (Wildman–Crippen MR) is 49.3 cm³/mol. The first-order chi connectivity index (χ1) is 7.65. The number of rotatable bonds is 2. The summed E-state index contributed by atoms with van der Waals surface area (Å²) in [6, 6.07) is 0. The zero-order valence-corrected chi connectivity index (χ0v) is 8.17. The summed E-state index contributed by atoms with van der Waals surface area (Å²) >= 11 is 0. The van der Waals surface area contributed by atoms with E-state index >= 15 is 0 Å². The van der Waals surface area contributed by atoms with E-state index in [9.17, 15) is 15.0 Å². The molecule has 1 aliphatic rings. The minimum Gasteiger partial charge on any atom is -0.394 e. The van der Waals surface area contributed by atoms with Crippen LogP contribution in [0.4, 0.5) is 0 Å². The summed E-state index contributed by atoms with van der Waals surface area (Å²) in [6.45, 7) is -0.442. The van der Waals surface area contributed by atoms with Crippen molar-refractivity contribution in [2.75, 3.05) is 6.61 Å². The molecule has 16 heavy (non-hydrogen) atoms. The first-order valence-electron chi connectivity index (χ1n) is 4.67. The molecule has 8 heteroatoms. The quantitative estimate of drug-likeness (QED) is 0.503. The minimum absolute atomic E-state index is 0.442. The van der Waals surface area contributed by atoms with E-state index in [0.717, 1.165) is 4.57 Å². The van der Waals surface area contributed by atoms with Crippen LogP contribution in [0.15, 0.2) is 17.2 Å². The van der Waals surface area contributed by atoms with Crippen molar-refractivity contribution in [1.29, 1.82) is 0 Å². The first-order valence-corrected chi connectivity index (χ1v) is 4.67. The fraction of sp³-hybridized carbons (Fsp3) is 0.625. The van der Waals surface area contributed by atoms with E-state index in [-0.39, 0.29) is 0 Å². The Morgan fingerprint density at radius 1 is 1.44 bits per heavy atom. The van der Waals surface area contributed by atoms with Gasteiger partial charge in [0.1, 0.15) is 18.3 Å². The van der Waals surface area contributed by atoms with E-state index < -0.39 is 36.8 Å². The van der Waals surface area contributed by atoms with E-state index in [4.69, 9.17) is 9.84 Å². The van der Waals surface area contributed by atoms with E-state index in [1.807, 2.05) is 0 Å². The molecule has 1 saturated heterocycles. The number of aliphatic hydroxyl groups excluding tert-OH is 3. The maximum atomic E-state index is 11.3. The molecule has 0 spiro atoms. The Balaban J connectivity index is 2.30. The molecule has 0 radical (unpaired) electrons. The molecule has 4 atom stereocenters. The summed E-state index contributed by atoms with van der Waals surface area (Å²) in [5.74, 6) is 0. The molecule has 2 rings (SSSR count). The average molecular weight is 229 g/mol. The van der Waals surface area contributed by atoms with Gasteiger partial charge < -0.3 is 20.1 Å². The van der Waals surface area contributed by atoms with Gasteiger partial charge in [0.2, 0.25) is 0 Å². The Morgan fingerprint density at radius 2 is 2.19 bits per heavy atom. The Hall–Kier alpha value is -1.35. The largest absolute Gasteiger partial charge is 0.394 e. The third-order valence-electron chi connectivity index (χ3n) is 2.45. The molecule has 3 N–H and O–H groups in total. The van der Waals surface area contributed by atoms with Crippen molar-refractivity contribution < 1.29 is 20.1 Å². The molecule has 2 heterocycles. The standard InChI is InChI=1S/C8H11N3O5/c12-3-4-5(13)6(14)7(16-4)11-2-1-9-10-8(11)15/h1-2,4-7,12-14H,3H2/t4-,5-,6-,7?/m1/s1. The van der Waals surface area contributed by atoms with Crippen LogP contribution in [-0.4, -0.2) is 55.0 Å². The second-order valence-corrected chi connectivity index (χ2v) is 3.43. The van der Waals surface area contributed by atoms with Gasteiger partial charge in [0, 0.05) is 6.20 Å². The molecule has 1 aliphatic heterocycles. The summed E-state index contributed by atoms with van der Waals surface area (Å²) in [7, 11) is 0. The van der Waals surface area contributed by atoms with Crippen LogP contribution >= 0.6 is 0 Å². The number of aromatic nitrogens is 3. The number of hydrogen-bond donors (Lipinski definition) is 3. The lowest BCUT2D eigenvalue weighted by molar-refractivity contribution is -0.0552. The van der Waals surface area contributed by atoms with Gasteiger partial charge in [-0.1, -0.05) is 5.10 Å². The SMILES string of the molecule is O=c1nnccn1C1O[C@H](CO)[C@@H](O)[C@H]1O. The van der Waals surface area contributed by atoms with E-state index in [2.05, 4.69) is 10.2 Å². The van der Waals surface area contributed by atoms with Crippen molar-refractivity contribution in [2.45, 2.75) is 24.5 Å². The molecule has 1 aromatic rings. The van der Waals surface area contributed by atoms with Crippen molar-refractivity contribution >= 4 is 0 Å². The molecular formula is C8H11N3O5. The van der Waals surface area contributed by atoms with Crippen LogP contribution in [0.1, 0.15) is 6.23 Å². The van der Waals surface area contributed by atoms with Crippen molar-refractivity contribution in [3.63, 3.8) is 0 Å². The number of hydrogen-bond acceptors (Lipinski definition) is 7. The summed E-state index contributed by atoms with van der Waals surface area (Å²) in [5, 5.41) is 34.6. The Labute approximate surface area is 89.7 Å². The van der Waals surface area contributed by atoms with Gasteiger partial charge in [-0.15, -0.1) is 0 Å². The maximum absolute atomic E-state index is 11.3. The highest BCUT2D eigenvalue weighted by atomic mass is 16.6. The number of aliphatic hydroxyl groups is 3. The molecular weight excluding hydrogens is 218 g/mol. The van der Waals surface area contributed by atoms with Gasteiger partial charge in [0.15, 0.2) is 6.23 Å². The molecule has 1 unspecified atom stereocenters. The topological polar surface area (TPSA) is 118 Å². The molecule has 0 amide bonds. The zero-order chi connectivity index (χ0) is 11.7. The van der Waals surface area contributed by atoms with Gasteiger partial charge in [0.05, 0.1) is 12.8 Å². The molecule has 88 valence electrons. The second-order valence-electron chi connectivity index (χ2n) is 3.43. The first kappa shape index (κ1) is 11.1. The van der Waals surface area contributed by atoms with E-state index in [0.29, 0.717) is 0 Å². The zero-order valence-electron chi connectivity index (χ0n) is 8.17. The average Bonchev–Trinajstić information content (AvgIpc) is 2.57. The van der Waals surface area contributed by atoms with Crippen LogP contribution < -0.4 is 5.69 Å². The van der Waals surface area contributed by atoms with Crippen LogP contribution in [0, 0.1) is 0 Å². The molecule has 1 fully saturated rings. The number of nitrogens with zero attached hydrogens (tertiary/aromatic N) is 3. The smallest absolute Gasteiger partial charge is 0.368 e. The summed E-state index contributed by atoms with van der Waals surface area (Å²) in [4.78, 5) is 11.3. The van der Waals surface area contributed by atoms with Crippen LogP contribution in [0.25, 0.3) is 0 Å². The van der Waals surface area contributed by atoms with Gasteiger partial charge in [-0.2, -0.15) is 5.10 Å². The lowest BCUT2D eigenvalue weighted by Gasteiger charge is -2.15. The van der Waals surface area contributed by atoms with Gasteiger partial charge in [-0.05, 0) is 0 Å². The second kappa shape index (κ2) is 4.26. The van der Waals surface area contributed by atoms with Crippen molar-refractivity contribution in [3.8, 4) is 0 Å². The maximum Gasteiger partial charge on any atom is 0.368 e. The highest BCUT2D eigenvalue weighted by Gasteiger charge is 2.43. The van der Waals surface area contributed by atoms with E-state index in [1.165, 1.54) is 12.4 Å². The third-order valence-corrected chi connectivity index (χ3v) is 2.45. The van der Waals surface area contributed by atoms with Crippen LogP contribution in [0.3, 0.4) is 0 Å². The van der Waals surface area contributed by atoms with Crippen LogP contribution in [-0.2, 0) is 4.74 Å². The Bertz CT molecular complexity index is 422. The third kappa shape index (κ3) is 1.71. The van der Waals surface area contributed by atoms with Crippen LogP contribution in [0.2, 0.25) is 0 Å². The lowest BCUT2D eigenvalue weighted by Crippen LogP contribution is -2.36. The fourth-order valence-corrected chi connectivity index (χ4v) is 1.60. The van der Waals surface area contributed by atoms with Gasteiger partial charge in [-0.25, -0.2) is 4.79 Å². The monoisotopic (exact) mass is 229 g/mol. The molecule has 8 nitrogen and oxygen atoms in total. The molecule has 0 bridgehead atoms. The van der Waals surface area contributed by atoms with Crippen LogP contribution in [0.5, 0.6) is 0 Å². The predicted octanol–water partition coefficient (Wildman–Crippen LogP) is -2.75. The molecule has 0 aromatic carbocycles. The van der Waals surface area contributed by atoms with Gasteiger partial charge in [0.25, 0.3) is 0 Å². The summed E-state index contributed by atoms with van der Waals surface area (Å²) in [6.07, 6.45) is -1.96. The van der Waals surface area contributed by atoms with Gasteiger partial charge >= 0.3 is 5.69 Å².